The fourth-order valence-corrected chi connectivity index (χ4v) is 1.78. The van der Waals surface area contributed by atoms with Gasteiger partial charge in [0.25, 0.3) is 0 Å². The third-order valence-electron chi connectivity index (χ3n) is 2.45. The van der Waals surface area contributed by atoms with Crippen molar-refractivity contribution in [2.75, 3.05) is 6.54 Å². The Balaban J connectivity index is 1.95. The fraction of sp³-hybridized carbons (Fsp3) is 0.556. The zero-order valence-corrected chi connectivity index (χ0v) is 8.67. The Morgan fingerprint density at radius 2 is 2.50 bits per heavy atom. The molecule has 0 aromatic carbocycles. The average Bonchev–Trinajstić information content (AvgIpc) is 2.44. The molecule has 0 bridgehead atoms. The third kappa shape index (κ3) is 1.57. The first-order valence-electron chi connectivity index (χ1n) is 4.24. The third-order valence-corrected chi connectivity index (χ3v) is 2.87. The summed E-state index contributed by atoms with van der Waals surface area (Å²) in [6.45, 7) is 4.41. The SMILES string of the molecule is CC1CCN1Cc1ccc(Br)o1. The Bertz CT molecular complexity index is 271. The Labute approximate surface area is 80.7 Å². The molecule has 2 nitrogen and oxygen atoms in total. The summed E-state index contributed by atoms with van der Waals surface area (Å²) in [5.41, 5.74) is 0. The highest BCUT2D eigenvalue weighted by molar-refractivity contribution is 9.10. The number of likely N-dealkylation sites (tertiary alicyclic amines) is 1. The summed E-state index contributed by atoms with van der Waals surface area (Å²) in [5, 5.41) is 0. The highest BCUT2D eigenvalue weighted by Crippen LogP contribution is 2.22. The monoisotopic (exact) mass is 229 g/mol. The molecule has 2 rings (SSSR count). The van der Waals surface area contributed by atoms with Crippen molar-refractivity contribution in [2.24, 2.45) is 0 Å². The first-order chi connectivity index (χ1) is 5.75. The van der Waals surface area contributed by atoms with Crippen molar-refractivity contribution in [1.29, 1.82) is 0 Å². The minimum absolute atomic E-state index is 0.730. The summed E-state index contributed by atoms with van der Waals surface area (Å²) in [4.78, 5) is 2.41. The van der Waals surface area contributed by atoms with Gasteiger partial charge in [-0.1, -0.05) is 0 Å². The van der Waals surface area contributed by atoms with E-state index in [1.807, 2.05) is 12.1 Å². The zero-order chi connectivity index (χ0) is 8.55. The van der Waals surface area contributed by atoms with Crippen molar-refractivity contribution < 1.29 is 4.42 Å². The van der Waals surface area contributed by atoms with E-state index >= 15 is 0 Å². The lowest BCUT2D eigenvalue weighted by atomic mass is 10.1. The second-order valence-electron chi connectivity index (χ2n) is 3.31. The fourth-order valence-electron chi connectivity index (χ4n) is 1.44. The van der Waals surface area contributed by atoms with E-state index in [1.165, 1.54) is 13.0 Å². The van der Waals surface area contributed by atoms with Gasteiger partial charge in [0.2, 0.25) is 0 Å². The van der Waals surface area contributed by atoms with Gasteiger partial charge in [0.15, 0.2) is 4.67 Å². The van der Waals surface area contributed by atoms with E-state index in [1.54, 1.807) is 0 Å². The van der Waals surface area contributed by atoms with E-state index in [0.717, 1.165) is 23.0 Å². The molecule has 0 radical (unpaired) electrons. The molecule has 2 heterocycles. The van der Waals surface area contributed by atoms with Crippen LogP contribution in [0.25, 0.3) is 0 Å². The first-order valence-corrected chi connectivity index (χ1v) is 5.03. The van der Waals surface area contributed by atoms with Gasteiger partial charge in [-0.2, -0.15) is 0 Å². The van der Waals surface area contributed by atoms with Crippen LogP contribution in [0.4, 0.5) is 0 Å². The molecule has 3 heteroatoms. The highest BCUT2D eigenvalue weighted by Gasteiger charge is 2.23. The topological polar surface area (TPSA) is 16.4 Å². The van der Waals surface area contributed by atoms with Gasteiger partial charge in [-0.15, -0.1) is 0 Å². The van der Waals surface area contributed by atoms with E-state index < -0.39 is 0 Å². The lowest BCUT2D eigenvalue weighted by molar-refractivity contribution is 0.0868. The molecule has 66 valence electrons. The second-order valence-corrected chi connectivity index (χ2v) is 4.10. The van der Waals surface area contributed by atoms with Crippen LogP contribution in [0.2, 0.25) is 0 Å². The van der Waals surface area contributed by atoms with Crippen LogP contribution in [-0.2, 0) is 6.54 Å². The quantitative estimate of drug-likeness (QED) is 0.776. The predicted molar refractivity (Wildman–Crippen MR) is 50.9 cm³/mol. The number of hydrogen-bond acceptors (Lipinski definition) is 2. The van der Waals surface area contributed by atoms with Crippen LogP contribution in [0.5, 0.6) is 0 Å². The van der Waals surface area contributed by atoms with Crippen LogP contribution in [0, 0.1) is 0 Å². The molecular formula is C9H12BrNO. The predicted octanol–water partition coefficient (Wildman–Crippen LogP) is 2.64. The van der Waals surface area contributed by atoms with Gasteiger partial charge in [0, 0.05) is 12.6 Å². The molecule has 0 amide bonds. The second kappa shape index (κ2) is 3.23. The van der Waals surface area contributed by atoms with E-state index in [0.29, 0.717) is 0 Å². The van der Waals surface area contributed by atoms with Crippen LogP contribution < -0.4 is 0 Å². The van der Waals surface area contributed by atoms with Gasteiger partial charge in [-0.25, -0.2) is 0 Å². The lowest BCUT2D eigenvalue weighted by Gasteiger charge is -2.37. The van der Waals surface area contributed by atoms with Crippen molar-refractivity contribution >= 4 is 15.9 Å². The van der Waals surface area contributed by atoms with Crippen molar-refractivity contribution in [1.82, 2.24) is 4.90 Å². The average molecular weight is 230 g/mol. The number of nitrogens with zero attached hydrogens (tertiary/aromatic N) is 1. The molecule has 1 aliphatic heterocycles. The van der Waals surface area contributed by atoms with Crippen LogP contribution in [-0.4, -0.2) is 17.5 Å². The van der Waals surface area contributed by atoms with Gasteiger partial charge in [-0.3, -0.25) is 4.90 Å². The van der Waals surface area contributed by atoms with Crippen molar-refractivity contribution in [3.8, 4) is 0 Å². The molecule has 1 aliphatic rings. The molecule has 0 saturated carbocycles. The molecule has 12 heavy (non-hydrogen) atoms. The summed E-state index contributed by atoms with van der Waals surface area (Å²) in [6, 6.07) is 4.70. The Kier molecular flexibility index (Phi) is 2.24. The van der Waals surface area contributed by atoms with Crippen LogP contribution in [0.15, 0.2) is 21.2 Å². The molecule has 1 saturated heterocycles. The summed E-state index contributed by atoms with van der Waals surface area (Å²) in [6.07, 6.45) is 1.32. The van der Waals surface area contributed by atoms with Gasteiger partial charge < -0.3 is 4.42 Å². The Morgan fingerprint density at radius 1 is 1.67 bits per heavy atom. The Hall–Kier alpha value is -0.280. The largest absolute Gasteiger partial charge is 0.453 e. The van der Waals surface area contributed by atoms with Gasteiger partial charge in [0.1, 0.15) is 5.76 Å². The summed E-state index contributed by atoms with van der Waals surface area (Å²) >= 11 is 3.29. The lowest BCUT2D eigenvalue weighted by Crippen LogP contribution is -2.44. The molecule has 0 aliphatic carbocycles. The van der Waals surface area contributed by atoms with Crippen LogP contribution >= 0.6 is 15.9 Å². The molecule has 0 N–H and O–H groups in total. The van der Waals surface area contributed by atoms with Gasteiger partial charge in [-0.05, 0) is 41.4 Å². The summed E-state index contributed by atoms with van der Waals surface area (Å²) in [7, 11) is 0. The van der Waals surface area contributed by atoms with Crippen LogP contribution in [0.3, 0.4) is 0 Å². The van der Waals surface area contributed by atoms with Crippen LogP contribution in [0.1, 0.15) is 19.1 Å². The minimum Gasteiger partial charge on any atom is -0.453 e. The maximum absolute atomic E-state index is 5.41. The zero-order valence-electron chi connectivity index (χ0n) is 7.09. The molecule has 1 aromatic rings. The summed E-state index contributed by atoms with van der Waals surface area (Å²) in [5.74, 6) is 1.05. The molecule has 1 aromatic heterocycles. The molecule has 1 unspecified atom stereocenters. The van der Waals surface area contributed by atoms with E-state index in [4.69, 9.17) is 4.42 Å². The molecular weight excluding hydrogens is 218 g/mol. The Morgan fingerprint density at radius 3 is 2.92 bits per heavy atom. The molecule has 0 spiro atoms. The number of furan rings is 1. The maximum Gasteiger partial charge on any atom is 0.169 e. The smallest absolute Gasteiger partial charge is 0.169 e. The standard InChI is InChI=1S/C9H12BrNO/c1-7-4-5-11(7)6-8-2-3-9(10)12-8/h2-3,7H,4-6H2,1H3. The van der Waals surface area contributed by atoms with Crippen molar-refractivity contribution in [3.05, 3.63) is 22.6 Å². The van der Waals surface area contributed by atoms with Crippen molar-refractivity contribution in [2.45, 2.75) is 25.9 Å². The number of rotatable bonds is 2. The molecule has 1 atom stereocenters. The molecule has 1 fully saturated rings. The van der Waals surface area contributed by atoms with E-state index in [-0.39, 0.29) is 0 Å². The van der Waals surface area contributed by atoms with Gasteiger partial charge in [0.05, 0.1) is 6.54 Å². The minimum atomic E-state index is 0.730. The van der Waals surface area contributed by atoms with Crippen molar-refractivity contribution in [3.63, 3.8) is 0 Å². The number of halogens is 1. The number of hydrogen-bond donors (Lipinski definition) is 0. The van der Waals surface area contributed by atoms with E-state index in [9.17, 15) is 0 Å². The highest BCUT2D eigenvalue weighted by atomic mass is 79.9. The normalized spacial score (nSPS) is 24.0. The van der Waals surface area contributed by atoms with E-state index in [2.05, 4.69) is 27.8 Å². The van der Waals surface area contributed by atoms with Gasteiger partial charge >= 0.3 is 0 Å². The first kappa shape index (κ1) is 8.32. The maximum atomic E-state index is 5.41. The summed E-state index contributed by atoms with van der Waals surface area (Å²) < 4.78 is 6.24.